The minimum absolute atomic E-state index is 0.0219. The Labute approximate surface area is 136 Å². The summed E-state index contributed by atoms with van der Waals surface area (Å²) in [4.78, 5) is 32.8. The zero-order chi connectivity index (χ0) is 17.4. The van der Waals surface area contributed by atoms with Gasteiger partial charge in [-0.2, -0.15) is 4.98 Å². The minimum Gasteiger partial charge on any atom is -0.462 e. The highest BCUT2D eigenvalue weighted by Gasteiger charge is 2.18. The number of fused-ring (bicyclic) bond motifs is 2. The molecule has 0 unspecified atom stereocenters. The van der Waals surface area contributed by atoms with Crippen molar-refractivity contribution in [3.63, 3.8) is 0 Å². The number of hydrogen-bond acceptors (Lipinski definition) is 7. The van der Waals surface area contributed by atoms with E-state index in [9.17, 15) is 9.59 Å². The van der Waals surface area contributed by atoms with Crippen LogP contribution in [0.15, 0.2) is 34.1 Å². The van der Waals surface area contributed by atoms with E-state index in [1.165, 1.54) is 6.07 Å². The normalized spacial score (nSPS) is 10.9. The lowest BCUT2D eigenvalue weighted by Gasteiger charge is -2.07. The molecule has 7 heteroatoms. The highest BCUT2D eigenvalue weighted by atomic mass is 16.5. The van der Waals surface area contributed by atoms with Crippen molar-refractivity contribution in [2.75, 3.05) is 12.3 Å². The molecule has 122 valence electrons. The molecule has 0 aliphatic carbocycles. The highest BCUT2D eigenvalue weighted by Crippen LogP contribution is 2.22. The summed E-state index contributed by atoms with van der Waals surface area (Å²) < 4.78 is 10.5. The monoisotopic (exact) mass is 325 g/mol. The number of pyridine rings is 2. The van der Waals surface area contributed by atoms with Gasteiger partial charge < -0.3 is 14.9 Å². The van der Waals surface area contributed by atoms with Crippen molar-refractivity contribution >= 4 is 39.6 Å². The van der Waals surface area contributed by atoms with Crippen molar-refractivity contribution in [1.82, 2.24) is 9.97 Å². The van der Waals surface area contributed by atoms with Gasteiger partial charge in [0, 0.05) is 6.20 Å². The Hall–Kier alpha value is -3.22. The first-order valence-electron chi connectivity index (χ1n) is 7.28. The molecule has 0 radical (unpaired) electrons. The van der Waals surface area contributed by atoms with Crippen molar-refractivity contribution in [1.29, 1.82) is 0 Å². The van der Waals surface area contributed by atoms with Gasteiger partial charge in [0.2, 0.25) is 16.9 Å². The van der Waals surface area contributed by atoms with Crippen LogP contribution in [0.3, 0.4) is 0 Å². The van der Waals surface area contributed by atoms with Gasteiger partial charge in [0.25, 0.3) is 0 Å². The summed E-state index contributed by atoms with van der Waals surface area (Å²) in [6, 6.07) is 2.99. The van der Waals surface area contributed by atoms with Crippen LogP contribution < -0.4 is 11.2 Å². The number of carbonyl (C=O) groups is 1. The summed E-state index contributed by atoms with van der Waals surface area (Å²) >= 11 is 0. The molecule has 7 nitrogen and oxygen atoms in total. The molecule has 0 bridgehead atoms. The number of ether oxygens (including phenoxy) is 1. The maximum atomic E-state index is 12.7. The largest absolute Gasteiger partial charge is 0.462 e. The Bertz CT molecular complexity index is 1050. The molecular formula is C17H15N3O4. The number of aromatic nitrogens is 2. The van der Waals surface area contributed by atoms with E-state index >= 15 is 0 Å². The van der Waals surface area contributed by atoms with E-state index in [4.69, 9.17) is 14.9 Å². The maximum absolute atomic E-state index is 12.7. The zero-order valence-electron chi connectivity index (χ0n) is 13.3. The summed E-state index contributed by atoms with van der Waals surface area (Å²) in [6.45, 7) is 7.51. The SMILES string of the molecule is C=C(C)c1cnc2oc3nc(N)c(C(=O)OCC)cc3c(=O)c2c1. The highest BCUT2D eigenvalue weighted by molar-refractivity contribution is 5.99. The van der Waals surface area contributed by atoms with Crippen LogP contribution in [0.2, 0.25) is 0 Å². The molecule has 0 saturated heterocycles. The average Bonchev–Trinajstić information content (AvgIpc) is 2.54. The summed E-state index contributed by atoms with van der Waals surface area (Å²) in [7, 11) is 0. The van der Waals surface area contributed by atoms with Gasteiger partial charge in [-0.05, 0) is 37.1 Å². The molecule has 0 aromatic carbocycles. The van der Waals surface area contributed by atoms with Gasteiger partial charge in [-0.25, -0.2) is 9.78 Å². The summed E-state index contributed by atoms with van der Waals surface area (Å²) in [5, 5.41) is 0.421. The fourth-order valence-electron chi connectivity index (χ4n) is 2.29. The summed E-state index contributed by atoms with van der Waals surface area (Å²) in [6.07, 6.45) is 1.57. The van der Waals surface area contributed by atoms with Gasteiger partial charge in [-0.15, -0.1) is 0 Å². The van der Waals surface area contributed by atoms with Crippen LogP contribution in [0, 0.1) is 0 Å². The van der Waals surface area contributed by atoms with Gasteiger partial charge >= 0.3 is 5.97 Å². The summed E-state index contributed by atoms with van der Waals surface area (Å²) in [5.41, 5.74) is 7.11. The first kappa shape index (κ1) is 15.7. The topological polar surface area (TPSA) is 108 Å². The third kappa shape index (κ3) is 2.50. The molecule has 0 amide bonds. The molecule has 3 rings (SSSR count). The molecule has 3 aromatic heterocycles. The lowest BCUT2D eigenvalue weighted by atomic mass is 10.1. The predicted octanol–water partition coefficient (Wildman–Crippen LogP) is 2.53. The second-order valence-corrected chi connectivity index (χ2v) is 5.28. The van der Waals surface area contributed by atoms with Gasteiger partial charge in [0.05, 0.1) is 17.4 Å². The third-order valence-electron chi connectivity index (χ3n) is 3.54. The molecule has 2 N–H and O–H groups in total. The molecule has 3 aromatic rings. The van der Waals surface area contributed by atoms with Gasteiger partial charge in [0.15, 0.2) is 0 Å². The first-order chi connectivity index (χ1) is 11.4. The number of hydrogen-bond donors (Lipinski definition) is 1. The van der Waals surface area contributed by atoms with E-state index < -0.39 is 5.97 Å². The number of esters is 1. The minimum atomic E-state index is -0.641. The standard InChI is InChI=1S/C17H15N3O4/c1-4-23-17(22)12-6-11-13(21)10-5-9(8(2)3)7-19-15(10)24-16(11)20-14(12)18/h5-7H,2,4H2,1,3H3,(H2,18,20). The van der Waals surface area contributed by atoms with Crippen LogP contribution in [0.25, 0.3) is 27.8 Å². The van der Waals surface area contributed by atoms with Crippen LogP contribution in [0.4, 0.5) is 5.82 Å². The second kappa shape index (κ2) is 5.77. The van der Waals surface area contributed by atoms with Crippen molar-refractivity contribution in [3.05, 3.63) is 46.3 Å². The second-order valence-electron chi connectivity index (χ2n) is 5.28. The molecule has 0 aliphatic heterocycles. The van der Waals surface area contributed by atoms with Gasteiger partial charge in [-0.3, -0.25) is 4.79 Å². The summed E-state index contributed by atoms with van der Waals surface area (Å²) in [5.74, 6) is -0.709. The Morgan fingerprint density at radius 2 is 2.04 bits per heavy atom. The lowest BCUT2D eigenvalue weighted by molar-refractivity contribution is 0.0527. The maximum Gasteiger partial charge on any atom is 0.341 e. The molecule has 0 atom stereocenters. The number of carbonyl (C=O) groups excluding carboxylic acids is 1. The number of rotatable bonds is 3. The number of nitrogens with two attached hydrogens (primary N) is 1. The Balaban J connectivity index is 2.33. The van der Waals surface area contributed by atoms with Crippen LogP contribution in [-0.4, -0.2) is 22.5 Å². The molecule has 0 fully saturated rings. The number of nitrogens with zero attached hydrogens (tertiary/aromatic N) is 2. The first-order valence-corrected chi connectivity index (χ1v) is 7.28. The van der Waals surface area contributed by atoms with Gasteiger partial charge in [-0.1, -0.05) is 6.58 Å². The molecule has 24 heavy (non-hydrogen) atoms. The number of nitrogen functional groups attached to an aromatic ring is 1. The molecule has 0 aliphatic rings. The van der Waals surface area contributed by atoms with Crippen LogP contribution in [0.1, 0.15) is 29.8 Å². The number of allylic oxidation sites excluding steroid dienone is 1. The molecule has 0 spiro atoms. The molecule has 3 heterocycles. The molecular weight excluding hydrogens is 310 g/mol. The van der Waals surface area contributed by atoms with Crippen LogP contribution >= 0.6 is 0 Å². The van der Waals surface area contributed by atoms with E-state index in [1.54, 1.807) is 19.2 Å². The Morgan fingerprint density at radius 1 is 1.33 bits per heavy atom. The quantitative estimate of drug-likeness (QED) is 0.582. The predicted molar refractivity (Wildman–Crippen MR) is 90.7 cm³/mol. The van der Waals surface area contributed by atoms with Gasteiger partial charge in [0.1, 0.15) is 11.4 Å². The average molecular weight is 325 g/mol. The van der Waals surface area contributed by atoms with Crippen molar-refractivity contribution in [2.24, 2.45) is 0 Å². The Kier molecular flexibility index (Phi) is 3.76. The van der Waals surface area contributed by atoms with Crippen LogP contribution in [0.5, 0.6) is 0 Å². The van der Waals surface area contributed by atoms with Crippen molar-refractivity contribution in [2.45, 2.75) is 13.8 Å². The molecule has 0 saturated carbocycles. The lowest BCUT2D eigenvalue weighted by Crippen LogP contribution is -2.12. The van der Waals surface area contributed by atoms with E-state index in [0.29, 0.717) is 0 Å². The Morgan fingerprint density at radius 3 is 2.71 bits per heavy atom. The van der Waals surface area contributed by atoms with Crippen LogP contribution in [-0.2, 0) is 4.74 Å². The van der Waals surface area contributed by atoms with Crippen molar-refractivity contribution in [3.8, 4) is 0 Å². The van der Waals surface area contributed by atoms with Crippen molar-refractivity contribution < 1.29 is 13.9 Å². The third-order valence-corrected chi connectivity index (χ3v) is 3.54. The fraction of sp³-hybridized carbons (Fsp3) is 0.176. The zero-order valence-corrected chi connectivity index (χ0v) is 13.3. The van der Waals surface area contributed by atoms with E-state index in [1.807, 2.05) is 6.92 Å². The number of anilines is 1. The van der Waals surface area contributed by atoms with E-state index in [-0.39, 0.29) is 45.6 Å². The van der Waals surface area contributed by atoms with E-state index in [0.717, 1.165) is 11.1 Å². The fourth-order valence-corrected chi connectivity index (χ4v) is 2.29. The smallest absolute Gasteiger partial charge is 0.341 e. The van der Waals surface area contributed by atoms with E-state index in [2.05, 4.69) is 16.5 Å².